The quantitative estimate of drug-likeness (QED) is 0.634. The first-order valence-corrected chi connectivity index (χ1v) is 8.20. The lowest BCUT2D eigenvalue weighted by Gasteiger charge is -2.13. The number of aromatic nitrogens is 1. The number of nitrogens with one attached hydrogen (secondary N) is 2. The smallest absolute Gasteiger partial charge is 0.323 e. The van der Waals surface area contributed by atoms with Gasteiger partial charge in [-0.15, -0.1) is 0 Å². The van der Waals surface area contributed by atoms with Crippen LogP contribution < -0.4 is 15.4 Å². The number of anilines is 2. The van der Waals surface area contributed by atoms with E-state index in [1.54, 1.807) is 36.4 Å². The molecular weight excluding hydrogens is 361 g/mol. The predicted molar refractivity (Wildman–Crippen MR) is 102 cm³/mol. The van der Waals surface area contributed by atoms with Gasteiger partial charge in [-0.05, 0) is 43.3 Å². The molecule has 0 saturated heterocycles. The zero-order valence-electron chi connectivity index (χ0n) is 13.6. The van der Waals surface area contributed by atoms with Gasteiger partial charge in [0.1, 0.15) is 5.75 Å². The summed E-state index contributed by atoms with van der Waals surface area (Å²) in [6.07, 6.45) is 0. The highest BCUT2D eigenvalue weighted by molar-refractivity contribution is 6.31. The molecule has 2 amide bonds. The Balaban J connectivity index is 1.88. The van der Waals surface area contributed by atoms with E-state index in [2.05, 4.69) is 15.6 Å². The maximum atomic E-state index is 12.4. The Hall–Kier alpha value is -2.50. The fourth-order valence-corrected chi connectivity index (χ4v) is 2.81. The van der Waals surface area contributed by atoms with Gasteiger partial charge in [0.15, 0.2) is 0 Å². The van der Waals surface area contributed by atoms with Gasteiger partial charge in [-0.25, -0.2) is 4.79 Å². The normalized spacial score (nSPS) is 10.6. The molecule has 2 aromatic carbocycles. The zero-order chi connectivity index (χ0) is 18.0. The van der Waals surface area contributed by atoms with E-state index in [0.717, 1.165) is 11.1 Å². The van der Waals surface area contributed by atoms with Crippen LogP contribution in [0.3, 0.4) is 0 Å². The molecule has 1 heterocycles. The lowest BCUT2D eigenvalue weighted by molar-refractivity contribution is 0.262. The minimum absolute atomic E-state index is 0.400. The van der Waals surface area contributed by atoms with E-state index in [1.807, 2.05) is 13.0 Å². The first-order chi connectivity index (χ1) is 12.0. The molecule has 0 unspecified atom stereocenters. The topological polar surface area (TPSA) is 63.2 Å². The number of fused-ring (bicyclic) bond motifs is 1. The standard InChI is InChI=1S/C18H15Cl2N3O2/c1-10-7-15(13-5-3-11(19)8-16(13)21-10)23-18(24)22-14-6-4-12(20)9-17(14)25-2/h3-9H,1-2H3,(H2,21,22,23,24). The molecule has 0 aliphatic heterocycles. The van der Waals surface area contributed by atoms with Crippen LogP contribution in [0.15, 0.2) is 42.5 Å². The number of halogens is 2. The molecule has 0 atom stereocenters. The van der Waals surface area contributed by atoms with Crippen LogP contribution in [-0.2, 0) is 0 Å². The fourth-order valence-electron chi connectivity index (χ4n) is 2.48. The van der Waals surface area contributed by atoms with Crippen molar-refractivity contribution in [3.8, 4) is 5.75 Å². The minimum Gasteiger partial charge on any atom is -0.495 e. The van der Waals surface area contributed by atoms with Gasteiger partial charge in [-0.3, -0.25) is 4.98 Å². The Morgan fingerprint density at radius 1 is 1.00 bits per heavy atom. The van der Waals surface area contributed by atoms with Gasteiger partial charge in [-0.2, -0.15) is 0 Å². The summed E-state index contributed by atoms with van der Waals surface area (Å²) in [7, 11) is 1.51. The van der Waals surface area contributed by atoms with Crippen LogP contribution in [-0.4, -0.2) is 18.1 Å². The minimum atomic E-state index is -0.400. The molecule has 3 aromatic rings. The first-order valence-electron chi connectivity index (χ1n) is 7.45. The Morgan fingerprint density at radius 3 is 2.44 bits per heavy atom. The monoisotopic (exact) mass is 375 g/mol. The number of ether oxygens (including phenoxy) is 1. The summed E-state index contributed by atoms with van der Waals surface area (Å²) in [6, 6.07) is 11.7. The summed E-state index contributed by atoms with van der Waals surface area (Å²) < 4.78 is 5.23. The number of rotatable bonds is 3. The first kappa shape index (κ1) is 17.3. The maximum absolute atomic E-state index is 12.4. The van der Waals surface area contributed by atoms with E-state index in [0.29, 0.717) is 32.7 Å². The lowest BCUT2D eigenvalue weighted by Crippen LogP contribution is -2.20. The number of carbonyl (C=O) groups excluding carboxylic acids is 1. The molecule has 128 valence electrons. The average molecular weight is 376 g/mol. The number of benzene rings is 2. The van der Waals surface area contributed by atoms with E-state index < -0.39 is 6.03 Å². The molecule has 0 spiro atoms. The molecule has 25 heavy (non-hydrogen) atoms. The predicted octanol–water partition coefficient (Wildman–Crippen LogP) is 5.50. The highest BCUT2D eigenvalue weighted by Gasteiger charge is 2.11. The Morgan fingerprint density at radius 2 is 1.68 bits per heavy atom. The molecule has 0 radical (unpaired) electrons. The molecule has 0 bridgehead atoms. The summed E-state index contributed by atoms with van der Waals surface area (Å²) in [5, 5.41) is 7.50. The largest absolute Gasteiger partial charge is 0.495 e. The number of carbonyl (C=O) groups is 1. The Kier molecular flexibility index (Phi) is 4.97. The van der Waals surface area contributed by atoms with Gasteiger partial charge < -0.3 is 15.4 Å². The Labute approximate surface area is 154 Å². The number of pyridine rings is 1. The fraction of sp³-hybridized carbons (Fsp3) is 0.111. The van der Waals surface area contributed by atoms with Crippen molar-refractivity contribution in [2.24, 2.45) is 0 Å². The SMILES string of the molecule is COc1cc(Cl)ccc1NC(=O)Nc1cc(C)nc2cc(Cl)ccc12. The number of hydrogen-bond donors (Lipinski definition) is 2. The van der Waals surface area contributed by atoms with Crippen molar-refractivity contribution < 1.29 is 9.53 Å². The zero-order valence-corrected chi connectivity index (χ0v) is 15.1. The van der Waals surface area contributed by atoms with Crippen molar-refractivity contribution >= 4 is 51.5 Å². The van der Waals surface area contributed by atoms with E-state index in [9.17, 15) is 4.79 Å². The Bertz CT molecular complexity index is 955. The molecule has 0 aliphatic rings. The summed E-state index contributed by atoms with van der Waals surface area (Å²) in [6.45, 7) is 1.85. The van der Waals surface area contributed by atoms with Gasteiger partial charge in [-0.1, -0.05) is 23.2 Å². The van der Waals surface area contributed by atoms with Crippen LogP contribution in [0.2, 0.25) is 10.0 Å². The van der Waals surface area contributed by atoms with Gasteiger partial charge >= 0.3 is 6.03 Å². The van der Waals surface area contributed by atoms with Gasteiger partial charge in [0, 0.05) is 27.2 Å². The number of aryl methyl sites for hydroxylation is 1. The summed E-state index contributed by atoms with van der Waals surface area (Å²) in [4.78, 5) is 16.8. The van der Waals surface area contributed by atoms with Gasteiger partial charge in [0.05, 0.1) is 24.0 Å². The number of methoxy groups -OCH3 is 1. The van der Waals surface area contributed by atoms with Gasteiger partial charge in [0.2, 0.25) is 0 Å². The molecule has 0 aliphatic carbocycles. The van der Waals surface area contributed by atoms with Crippen molar-refractivity contribution in [1.82, 2.24) is 4.98 Å². The number of amides is 2. The lowest BCUT2D eigenvalue weighted by atomic mass is 10.1. The summed E-state index contributed by atoms with van der Waals surface area (Å²) in [5.74, 6) is 0.477. The molecule has 7 heteroatoms. The number of nitrogens with zero attached hydrogens (tertiary/aromatic N) is 1. The van der Waals surface area contributed by atoms with Crippen molar-refractivity contribution in [3.63, 3.8) is 0 Å². The highest BCUT2D eigenvalue weighted by Crippen LogP contribution is 2.29. The second-order valence-electron chi connectivity index (χ2n) is 5.40. The third-order valence-corrected chi connectivity index (χ3v) is 4.03. The van der Waals surface area contributed by atoms with E-state index in [4.69, 9.17) is 27.9 Å². The van der Waals surface area contributed by atoms with E-state index in [1.165, 1.54) is 7.11 Å². The van der Waals surface area contributed by atoms with Crippen molar-refractivity contribution in [3.05, 3.63) is 58.2 Å². The van der Waals surface area contributed by atoms with Crippen LogP contribution in [0.1, 0.15) is 5.69 Å². The van der Waals surface area contributed by atoms with Crippen LogP contribution in [0, 0.1) is 6.92 Å². The van der Waals surface area contributed by atoms with Crippen molar-refractivity contribution in [2.75, 3.05) is 17.7 Å². The number of urea groups is 1. The maximum Gasteiger partial charge on any atom is 0.323 e. The van der Waals surface area contributed by atoms with Crippen LogP contribution in [0.25, 0.3) is 10.9 Å². The highest BCUT2D eigenvalue weighted by atomic mass is 35.5. The van der Waals surface area contributed by atoms with Gasteiger partial charge in [0.25, 0.3) is 0 Å². The molecule has 0 saturated carbocycles. The van der Waals surface area contributed by atoms with Crippen molar-refractivity contribution in [1.29, 1.82) is 0 Å². The third-order valence-electron chi connectivity index (χ3n) is 3.56. The summed E-state index contributed by atoms with van der Waals surface area (Å²) in [5.41, 5.74) is 2.65. The van der Waals surface area contributed by atoms with Crippen molar-refractivity contribution in [2.45, 2.75) is 6.92 Å². The van der Waals surface area contributed by atoms with E-state index >= 15 is 0 Å². The number of hydrogen-bond acceptors (Lipinski definition) is 3. The molecular formula is C18H15Cl2N3O2. The average Bonchev–Trinajstić information content (AvgIpc) is 2.55. The second kappa shape index (κ2) is 7.17. The molecule has 3 rings (SSSR count). The molecule has 0 fully saturated rings. The van der Waals surface area contributed by atoms with Crippen LogP contribution in [0.4, 0.5) is 16.2 Å². The molecule has 1 aromatic heterocycles. The molecule has 5 nitrogen and oxygen atoms in total. The third kappa shape index (κ3) is 3.95. The summed E-state index contributed by atoms with van der Waals surface area (Å²) >= 11 is 11.9. The van der Waals surface area contributed by atoms with E-state index in [-0.39, 0.29) is 0 Å². The van der Waals surface area contributed by atoms with Crippen LogP contribution in [0.5, 0.6) is 5.75 Å². The molecule has 2 N–H and O–H groups in total. The van der Waals surface area contributed by atoms with Crippen LogP contribution >= 0.6 is 23.2 Å². The second-order valence-corrected chi connectivity index (χ2v) is 6.27.